The summed E-state index contributed by atoms with van der Waals surface area (Å²) < 4.78 is 4.41. The highest BCUT2D eigenvalue weighted by molar-refractivity contribution is 5.66. The van der Waals surface area contributed by atoms with Gasteiger partial charge in [0.1, 0.15) is 0 Å². The quantitative estimate of drug-likeness (QED) is 0.614. The summed E-state index contributed by atoms with van der Waals surface area (Å²) in [6.07, 6.45) is 0.222. The summed E-state index contributed by atoms with van der Waals surface area (Å²) in [5.41, 5.74) is 0. The zero-order valence-corrected chi connectivity index (χ0v) is 6.33. The summed E-state index contributed by atoms with van der Waals surface area (Å²) in [6, 6.07) is 0. The molecule has 0 radical (unpaired) electrons. The molecule has 0 atom stereocenters. The molecular formula is C6H13NO3. The first-order valence-electron chi connectivity index (χ1n) is 3.12. The first kappa shape index (κ1) is 9.23. The average molecular weight is 147 g/mol. The van der Waals surface area contributed by atoms with Crippen LogP contribution in [-0.2, 0) is 4.74 Å². The van der Waals surface area contributed by atoms with Crippen molar-refractivity contribution in [1.29, 1.82) is 0 Å². The molecule has 0 saturated carbocycles. The zero-order valence-electron chi connectivity index (χ0n) is 6.33. The number of aliphatic hydroxyl groups is 1. The lowest BCUT2D eigenvalue weighted by Gasteiger charge is -2.13. The van der Waals surface area contributed by atoms with E-state index in [1.165, 1.54) is 12.0 Å². The molecule has 0 aliphatic rings. The standard InChI is InChI=1S/C6H13NO3/c1-7(4-3-5-8)6(9)10-2/h8H,3-5H2,1-2H3. The molecule has 0 bridgehead atoms. The second-order valence-corrected chi connectivity index (χ2v) is 1.97. The van der Waals surface area contributed by atoms with E-state index >= 15 is 0 Å². The lowest BCUT2D eigenvalue weighted by atomic mass is 10.4. The molecule has 0 fully saturated rings. The van der Waals surface area contributed by atoms with E-state index in [4.69, 9.17) is 5.11 Å². The predicted octanol–water partition coefficient (Wildman–Crippen LogP) is 0.0670. The van der Waals surface area contributed by atoms with E-state index in [-0.39, 0.29) is 12.7 Å². The van der Waals surface area contributed by atoms with E-state index in [1.807, 2.05) is 0 Å². The predicted molar refractivity (Wildman–Crippen MR) is 36.7 cm³/mol. The van der Waals surface area contributed by atoms with Gasteiger partial charge in [0, 0.05) is 20.2 Å². The number of amides is 1. The highest BCUT2D eigenvalue weighted by Crippen LogP contribution is 1.89. The molecule has 60 valence electrons. The number of hydrogen-bond donors (Lipinski definition) is 1. The van der Waals surface area contributed by atoms with Crippen LogP contribution < -0.4 is 0 Å². The maximum atomic E-state index is 10.6. The van der Waals surface area contributed by atoms with Gasteiger partial charge in [-0.25, -0.2) is 4.79 Å². The van der Waals surface area contributed by atoms with Crippen molar-refractivity contribution in [2.75, 3.05) is 27.3 Å². The molecule has 10 heavy (non-hydrogen) atoms. The fraction of sp³-hybridized carbons (Fsp3) is 0.833. The molecule has 1 amide bonds. The molecule has 0 saturated heterocycles. The minimum absolute atomic E-state index is 0.0985. The Balaban J connectivity index is 3.41. The minimum Gasteiger partial charge on any atom is -0.453 e. The highest BCUT2D eigenvalue weighted by Gasteiger charge is 2.05. The molecule has 0 rings (SSSR count). The van der Waals surface area contributed by atoms with Gasteiger partial charge >= 0.3 is 6.09 Å². The number of nitrogens with zero attached hydrogens (tertiary/aromatic N) is 1. The fourth-order valence-electron chi connectivity index (χ4n) is 0.555. The molecule has 0 aromatic heterocycles. The Bertz CT molecular complexity index is 105. The van der Waals surface area contributed by atoms with Crippen molar-refractivity contribution in [2.45, 2.75) is 6.42 Å². The molecule has 0 unspecified atom stereocenters. The van der Waals surface area contributed by atoms with E-state index in [9.17, 15) is 4.79 Å². The number of carbonyl (C=O) groups is 1. The average Bonchev–Trinajstić information content (AvgIpc) is 1.98. The molecule has 0 aromatic carbocycles. The monoisotopic (exact) mass is 147 g/mol. The van der Waals surface area contributed by atoms with Gasteiger partial charge in [-0.2, -0.15) is 0 Å². The Hall–Kier alpha value is -0.770. The third kappa shape index (κ3) is 3.29. The number of methoxy groups -OCH3 is 1. The molecule has 1 N–H and O–H groups in total. The van der Waals surface area contributed by atoms with Gasteiger partial charge in [0.25, 0.3) is 0 Å². The van der Waals surface area contributed by atoms with Crippen LogP contribution in [0.1, 0.15) is 6.42 Å². The fourth-order valence-corrected chi connectivity index (χ4v) is 0.555. The number of hydrogen-bond acceptors (Lipinski definition) is 3. The van der Waals surface area contributed by atoms with Gasteiger partial charge in [-0.15, -0.1) is 0 Å². The van der Waals surface area contributed by atoms with Crippen molar-refractivity contribution in [2.24, 2.45) is 0 Å². The minimum atomic E-state index is -0.367. The lowest BCUT2D eigenvalue weighted by molar-refractivity contribution is 0.130. The summed E-state index contributed by atoms with van der Waals surface area (Å²) in [5.74, 6) is 0. The molecule has 4 heteroatoms. The van der Waals surface area contributed by atoms with E-state index in [2.05, 4.69) is 4.74 Å². The number of ether oxygens (including phenoxy) is 1. The largest absolute Gasteiger partial charge is 0.453 e. The third-order valence-electron chi connectivity index (χ3n) is 1.14. The zero-order chi connectivity index (χ0) is 7.98. The van der Waals surface area contributed by atoms with Crippen LogP contribution in [0.3, 0.4) is 0 Å². The molecule has 0 aliphatic heterocycles. The smallest absolute Gasteiger partial charge is 0.409 e. The number of carbonyl (C=O) groups excluding carboxylic acids is 1. The summed E-state index contributed by atoms with van der Waals surface area (Å²) in [4.78, 5) is 12.1. The maximum absolute atomic E-state index is 10.6. The highest BCUT2D eigenvalue weighted by atomic mass is 16.5. The maximum Gasteiger partial charge on any atom is 0.409 e. The molecule has 0 aliphatic carbocycles. The molecule has 0 heterocycles. The molecule has 0 spiro atoms. The van der Waals surface area contributed by atoms with Crippen molar-refractivity contribution in [3.63, 3.8) is 0 Å². The van der Waals surface area contributed by atoms with Gasteiger partial charge in [0.2, 0.25) is 0 Å². The Morgan fingerprint density at radius 2 is 2.30 bits per heavy atom. The molecular weight excluding hydrogens is 134 g/mol. The number of rotatable bonds is 3. The van der Waals surface area contributed by atoms with Crippen molar-refractivity contribution >= 4 is 6.09 Å². The van der Waals surface area contributed by atoms with Gasteiger partial charge < -0.3 is 14.7 Å². The SMILES string of the molecule is COC(=O)N(C)CCCO. The Kier molecular flexibility index (Phi) is 4.66. The van der Waals surface area contributed by atoms with Crippen LogP contribution in [0, 0.1) is 0 Å². The summed E-state index contributed by atoms with van der Waals surface area (Å²) >= 11 is 0. The van der Waals surface area contributed by atoms with Crippen molar-refractivity contribution in [3.05, 3.63) is 0 Å². The van der Waals surface area contributed by atoms with E-state index < -0.39 is 0 Å². The second kappa shape index (κ2) is 5.05. The van der Waals surface area contributed by atoms with E-state index in [0.717, 1.165) is 0 Å². The normalized spacial score (nSPS) is 9.10. The van der Waals surface area contributed by atoms with Gasteiger partial charge in [-0.05, 0) is 6.42 Å². The van der Waals surface area contributed by atoms with Crippen LogP contribution in [0.5, 0.6) is 0 Å². The Labute approximate surface area is 60.4 Å². The van der Waals surface area contributed by atoms with Gasteiger partial charge in [-0.1, -0.05) is 0 Å². The molecule has 0 aromatic rings. The first-order valence-corrected chi connectivity index (χ1v) is 3.12. The van der Waals surface area contributed by atoms with Crippen molar-refractivity contribution < 1.29 is 14.6 Å². The van der Waals surface area contributed by atoms with E-state index in [1.54, 1.807) is 7.05 Å². The van der Waals surface area contributed by atoms with Crippen LogP contribution in [-0.4, -0.2) is 43.4 Å². The van der Waals surface area contributed by atoms with Crippen LogP contribution >= 0.6 is 0 Å². The number of aliphatic hydroxyl groups excluding tert-OH is 1. The van der Waals surface area contributed by atoms with Crippen molar-refractivity contribution in [1.82, 2.24) is 4.90 Å². The summed E-state index contributed by atoms with van der Waals surface area (Å²) in [6.45, 7) is 0.629. The van der Waals surface area contributed by atoms with Crippen LogP contribution in [0.4, 0.5) is 4.79 Å². The van der Waals surface area contributed by atoms with Crippen LogP contribution in [0.15, 0.2) is 0 Å². The topological polar surface area (TPSA) is 49.8 Å². The van der Waals surface area contributed by atoms with Gasteiger partial charge in [0.15, 0.2) is 0 Å². The van der Waals surface area contributed by atoms with Crippen LogP contribution in [0.25, 0.3) is 0 Å². The van der Waals surface area contributed by atoms with Gasteiger partial charge in [0.05, 0.1) is 7.11 Å². The van der Waals surface area contributed by atoms with E-state index in [0.29, 0.717) is 13.0 Å². The van der Waals surface area contributed by atoms with Gasteiger partial charge in [-0.3, -0.25) is 0 Å². The third-order valence-corrected chi connectivity index (χ3v) is 1.14. The molecule has 4 nitrogen and oxygen atoms in total. The first-order chi connectivity index (χ1) is 4.72. The summed E-state index contributed by atoms with van der Waals surface area (Å²) in [7, 11) is 2.96. The second-order valence-electron chi connectivity index (χ2n) is 1.97. The Morgan fingerprint density at radius 1 is 1.70 bits per heavy atom. The summed E-state index contributed by atoms with van der Waals surface area (Å²) in [5, 5.41) is 8.39. The van der Waals surface area contributed by atoms with Crippen molar-refractivity contribution in [3.8, 4) is 0 Å². The van der Waals surface area contributed by atoms with Crippen LogP contribution in [0.2, 0.25) is 0 Å². The lowest BCUT2D eigenvalue weighted by Crippen LogP contribution is -2.27. The Morgan fingerprint density at radius 3 is 2.70 bits per heavy atom.